The molecule has 2 rings (SSSR count). The number of rotatable bonds is 10. The second-order valence-corrected chi connectivity index (χ2v) is 5.57. The molecule has 0 atom stereocenters. The molecule has 0 heterocycles. The van der Waals surface area contributed by atoms with Gasteiger partial charge in [-0.2, -0.15) is 5.10 Å². The van der Waals surface area contributed by atoms with Gasteiger partial charge in [-0.15, -0.1) is 0 Å². The summed E-state index contributed by atoms with van der Waals surface area (Å²) in [4.78, 5) is 0. The van der Waals surface area contributed by atoms with Crippen molar-refractivity contribution < 1.29 is 4.74 Å². The molecule has 0 radical (unpaired) electrons. The predicted octanol–water partition coefficient (Wildman–Crippen LogP) is 5.48. The Kier molecular flexibility index (Phi) is 7.75. The molecule has 1 N–H and O–H groups in total. The molecule has 3 heteroatoms. The second-order valence-electron chi connectivity index (χ2n) is 5.57. The highest BCUT2D eigenvalue weighted by molar-refractivity contribution is 5.80. The van der Waals surface area contributed by atoms with E-state index in [1.54, 1.807) is 0 Å². The van der Waals surface area contributed by atoms with Gasteiger partial charge in [0.05, 0.1) is 18.5 Å². The van der Waals surface area contributed by atoms with E-state index >= 15 is 0 Å². The first-order chi connectivity index (χ1) is 11.4. The van der Waals surface area contributed by atoms with Crippen molar-refractivity contribution >= 4 is 11.9 Å². The number of anilines is 1. The summed E-state index contributed by atoms with van der Waals surface area (Å²) >= 11 is 0. The van der Waals surface area contributed by atoms with Gasteiger partial charge in [-0.25, -0.2) is 0 Å². The summed E-state index contributed by atoms with van der Waals surface area (Å²) in [7, 11) is 0. The van der Waals surface area contributed by atoms with Gasteiger partial charge in [-0.1, -0.05) is 50.8 Å². The number of benzene rings is 2. The van der Waals surface area contributed by atoms with E-state index in [4.69, 9.17) is 4.74 Å². The van der Waals surface area contributed by atoms with Crippen LogP contribution in [0, 0.1) is 0 Å². The minimum atomic E-state index is 0.798. The van der Waals surface area contributed by atoms with Crippen molar-refractivity contribution in [2.24, 2.45) is 5.10 Å². The summed E-state index contributed by atoms with van der Waals surface area (Å²) < 4.78 is 5.75. The zero-order valence-corrected chi connectivity index (χ0v) is 13.9. The third-order valence-electron chi connectivity index (χ3n) is 3.58. The third kappa shape index (κ3) is 7.00. The number of unbranched alkanes of at least 4 members (excludes halogenated alkanes) is 4. The monoisotopic (exact) mass is 310 g/mol. The molecule has 122 valence electrons. The van der Waals surface area contributed by atoms with E-state index in [-0.39, 0.29) is 0 Å². The highest BCUT2D eigenvalue weighted by Gasteiger charge is 1.95. The first-order valence-electron chi connectivity index (χ1n) is 8.45. The smallest absolute Gasteiger partial charge is 0.119 e. The van der Waals surface area contributed by atoms with Gasteiger partial charge in [0, 0.05) is 0 Å². The summed E-state index contributed by atoms with van der Waals surface area (Å²) in [5, 5.41) is 4.23. The van der Waals surface area contributed by atoms with Crippen molar-refractivity contribution in [1.82, 2.24) is 0 Å². The molecule has 0 spiro atoms. The number of hydrogen-bond acceptors (Lipinski definition) is 3. The summed E-state index contributed by atoms with van der Waals surface area (Å²) in [6.45, 7) is 3.03. The molecular weight excluding hydrogens is 284 g/mol. The largest absolute Gasteiger partial charge is 0.494 e. The van der Waals surface area contributed by atoms with Crippen LogP contribution in [0.25, 0.3) is 0 Å². The van der Waals surface area contributed by atoms with Crippen LogP contribution in [0.3, 0.4) is 0 Å². The fourth-order valence-corrected chi connectivity index (χ4v) is 2.24. The molecule has 0 unspecified atom stereocenters. The van der Waals surface area contributed by atoms with Gasteiger partial charge < -0.3 is 4.74 Å². The van der Waals surface area contributed by atoms with Crippen LogP contribution >= 0.6 is 0 Å². The molecule has 2 aromatic carbocycles. The van der Waals surface area contributed by atoms with E-state index in [2.05, 4.69) is 17.5 Å². The van der Waals surface area contributed by atoms with Gasteiger partial charge >= 0.3 is 0 Å². The topological polar surface area (TPSA) is 33.6 Å². The Morgan fingerprint density at radius 1 is 0.913 bits per heavy atom. The van der Waals surface area contributed by atoms with Crippen molar-refractivity contribution in [2.45, 2.75) is 39.0 Å². The number of para-hydroxylation sites is 1. The second kappa shape index (κ2) is 10.4. The molecular formula is C20H26N2O. The molecule has 0 bridgehead atoms. The fraction of sp³-hybridized carbons (Fsp3) is 0.350. The molecule has 0 aliphatic carbocycles. The maximum absolute atomic E-state index is 5.75. The zero-order chi connectivity index (χ0) is 16.2. The average molecular weight is 310 g/mol. The molecule has 0 aromatic heterocycles. The number of nitrogens with zero attached hydrogens (tertiary/aromatic N) is 1. The van der Waals surface area contributed by atoms with Crippen LogP contribution in [0.4, 0.5) is 5.69 Å². The van der Waals surface area contributed by atoms with Crippen molar-refractivity contribution in [1.29, 1.82) is 0 Å². The summed E-state index contributed by atoms with van der Waals surface area (Å²) in [6.07, 6.45) is 8.10. The van der Waals surface area contributed by atoms with Gasteiger partial charge in [-0.3, -0.25) is 5.43 Å². The molecule has 0 aliphatic heterocycles. The highest BCUT2D eigenvalue weighted by Crippen LogP contribution is 2.12. The van der Waals surface area contributed by atoms with Gasteiger partial charge in [0.1, 0.15) is 5.75 Å². The van der Waals surface area contributed by atoms with Crippen LogP contribution in [0.15, 0.2) is 59.7 Å². The minimum Gasteiger partial charge on any atom is -0.494 e. The predicted molar refractivity (Wildman–Crippen MR) is 98.4 cm³/mol. The Labute approximate surface area is 139 Å². The standard InChI is InChI=1S/C20H26N2O/c1-2-3-4-5-9-16-23-20-14-12-18(13-15-20)17-21-22-19-10-7-6-8-11-19/h6-8,10-15,17,22H,2-5,9,16H2,1H3. The highest BCUT2D eigenvalue weighted by atomic mass is 16.5. The van der Waals surface area contributed by atoms with E-state index in [9.17, 15) is 0 Å². The number of hydrazone groups is 1. The number of nitrogens with one attached hydrogen (secondary N) is 1. The molecule has 2 aromatic rings. The third-order valence-corrected chi connectivity index (χ3v) is 3.58. The van der Waals surface area contributed by atoms with Crippen molar-refractivity contribution in [3.63, 3.8) is 0 Å². The maximum atomic E-state index is 5.75. The SMILES string of the molecule is CCCCCCCOc1ccc(C=NNc2ccccc2)cc1. The first kappa shape index (κ1) is 17.1. The fourth-order valence-electron chi connectivity index (χ4n) is 2.24. The average Bonchev–Trinajstić information content (AvgIpc) is 2.60. The van der Waals surface area contributed by atoms with Crippen molar-refractivity contribution in [2.75, 3.05) is 12.0 Å². The van der Waals surface area contributed by atoms with E-state index in [1.165, 1.54) is 25.7 Å². The summed E-state index contributed by atoms with van der Waals surface area (Å²) in [6, 6.07) is 17.9. The van der Waals surface area contributed by atoms with E-state index < -0.39 is 0 Å². The van der Waals surface area contributed by atoms with Crippen LogP contribution in [-0.2, 0) is 0 Å². The Hall–Kier alpha value is -2.29. The molecule has 0 saturated heterocycles. The minimum absolute atomic E-state index is 0.798. The van der Waals surface area contributed by atoms with Crippen LogP contribution in [0.1, 0.15) is 44.6 Å². The van der Waals surface area contributed by atoms with Gasteiger partial charge in [0.25, 0.3) is 0 Å². The molecule has 0 fully saturated rings. The van der Waals surface area contributed by atoms with Crippen molar-refractivity contribution in [3.8, 4) is 5.75 Å². The Morgan fingerprint density at radius 3 is 2.39 bits per heavy atom. The van der Waals surface area contributed by atoms with Crippen molar-refractivity contribution in [3.05, 3.63) is 60.2 Å². The van der Waals surface area contributed by atoms with Gasteiger partial charge in [0.2, 0.25) is 0 Å². The lowest BCUT2D eigenvalue weighted by molar-refractivity contribution is 0.304. The number of hydrogen-bond donors (Lipinski definition) is 1. The lowest BCUT2D eigenvalue weighted by atomic mass is 10.2. The van der Waals surface area contributed by atoms with Crippen LogP contribution in [0.2, 0.25) is 0 Å². The molecule has 23 heavy (non-hydrogen) atoms. The molecule has 0 amide bonds. The number of ether oxygens (including phenoxy) is 1. The van der Waals surface area contributed by atoms with Gasteiger partial charge in [0.15, 0.2) is 0 Å². The van der Waals surface area contributed by atoms with Crippen LogP contribution in [0.5, 0.6) is 5.75 Å². The van der Waals surface area contributed by atoms with E-state index in [0.717, 1.165) is 30.0 Å². The summed E-state index contributed by atoms with van der Waals surface area (Å²) in [5.74, 6) is 0.925. The Balaban J connectivity index is 1.69. The zero-order valence-electron chi connectivity index (χ0n) is 13.9. The van der Waals surface area contributed by atoms with E-state index in [0.29, 0.717) is 0 Å². The first-order valence-corrected chi connectivity index (χ1v) is 8.45. The Morgan fingerprint density at radius 2 is 1.65 bits per heavy atom. The molecule has 0 saturated carbocycles. The lowest BCUT2D eigenvalue weighted by Crippen LogP contribution is -1.97. The van der Waals surface area contributed by atoms with Gasteiger partial charge in [-0.05, 0) is 48.4 Å². The van der Waals surface area contributed by atoms with Crippen LogP contribution in [-0.4, -0.2) is 12.8 Å². The summed E-state index contributed by atoms with van der Waals surface area (Å²) in [5.41, 5.74) is 5.03. The normalized spacial score (nSPS) is 10.8. The Bertz CT molecular complexity index is 564. The van der Waals surface area contributed by atoms with E-state index in [1.807, 2.05) is 60.8 Å². The maximum Gasteiger partial charge on any atom is 0.119 e. The lowest BCUT2D eigenvalue weighted by Gasteiger charge is -2.06. The molecule has 3 nitrogen and oxygen atoms in total. The molecule has 0 aliphatic rings. The quantitative estimate of drug-likeness (QED) is 0.358. The van der Waals surface area contributed by atoms with Crippen LogP contribution < -0.4 is 10.2 Å².